The average molecular weight is 171 g/mol. The maximum absolute atomic E-state index is 9.79. The lowest BCUT2D eigenvalue weighted by Crippen LogP contribution is -2.35. The van der Waals surface area contributed by atoms with Crippen LogP contribution >= 0.6 is 0 Å². The molecular weight excluding hydrogens is 150 g/mol. The predicted octanol–water partition coefficient (Wildman–Crippen LogP) is 1.49. The van der Waals surface area contributed by atoms with Crippen molar-refractivity contribution in [2.24, 2.45) is 5.92 Å². The third-order valence-corrected chi connectivity index (χ3v) is 2.95. The van der Waals surface area contributed by atoms with E-state index >= 15 is 0 Å². The highest BCUT2D eigenvalue weighted by Crippen LogP contribution is 2.27. The molecule has 1 N–H and O–H groups in total. The van der Waals surface area contributed by atoms with Crippen LogP contribution < -0.4 is 0 Å². The van der Waals surface area contributed by atoms with Crippen molar-refractivity contribution in [2.75, 3.05) is 13.1 Å². The Kier molecular flexibility index (Phi) is 2.79. The van der Waals surface area contributed by atoms with Crippen LogP contribution in [-0.2, 0) is 0 Å². The van der Waals surface area contributed by atoms with Crippen LogP contribution in [0.2, 0.25) is 0 Å². The Bertz CT molecular complexity index is 148. The number of nitrogens with zero attached hydrogens (tertiary/aromatic N) is 1. The molecule has 1 heterocycles. The van der Waals surface area contributed by atoms with Crippen LogP contribution in [0.3, 0.4) is 0 Å². The van der Waals surface area contributed by atoms with E-state index < -0.39 is 5.60 Å². The Morgan fingerprint density at radius 2 is 2.00 bits per heavy atom. The first-order chi connectivity index (χ1) is 5.41. The summed E-state index contributed by atoms with van der Waals surface area (Å²) >= 11 is 0. The lowest BCUT2D eigenvalue weighted by atomic mass is 9.90. The van der Waals surface area contributed by atoms with E-state index in [-0.39, 0.29) is 0 Å². The van der Waals surface area contributed by atoms with E-state index in [2.05, 4.69) is 18.7 Å². The van der Waals surface area contributed by atoms with Crippen LogP contribution in [0.5, 0.6) is 0 Å². The minimum atomic E-state index is -0.496. The van der Waals surface area contributed by atoms with E-state index in [1.54, 1.807) is 0 Å². The number of hydrogen-bond acceptors (Lipinski definition) is 2. The molecule has 0 amide bonds. The molecule has 1 aliphatic heterocycles. The molecule has 0 aliphatic carbocycles. The molecule has 72 valence electrons. The highest BCUT2D eigenvalue weighted by Gasteiger charge is 2.33. The lowest BCUT2D eigenvalue weighted by Gasteiger charge is -2.26. The first kappa shape index (κ1) is 10.0. The van der Waals surface area contributed by atoms with Crippen molar-refractivity contribution in [3.8, 4) is 0 Å². The molecule has 0 bridgehead atoms. The van der Waals surface area contributed by atoms with Crippen molar-refractivity contribution in [2.45, 2.75) is 45.8 Å². The van der Waals surface area contributed by atoms with Gasteiger partial charge in [-0.25, -0.2) is 0 Å². The molecule has 1 aliphatic rings. The lowest BCUT2D eigenvalue weighted by molar-refractivity contribution is 0.0199. The van der Waals surface area contributed by atoms with Gasteiger partial charge in [-0.1, -0.05) is 0 Å². The molecule has 1 atom stereocenters. The van der Waals surface area contributed by atoms with Gasteiger partial charge >= 0.3 is 0 Å². The van der Waals surface area contributed by atoms with Gasteiger partial charge in [0.1, 0.15) is 0 Å². The molecule has 1 saturated heterocycles. The van der Waals surface area contributed by atoms with Gasteiger partial charge in [-0.2, -0.15) is 0 Å². The third-order valence-electron chi connectivity index (χ3n) is 2.95. The van der Waals surface area contributed by atoms with Gasteiger partial charge in [0.15, 0.2) is 0 Å². The van der Waals surface area contributed by atoms with Gasteiger partial charge in [0.25, 0.3) is 0 Å². The SMILES string of the molecule is CC(C)N1CC[C@@H](C(C)(C)O)C1. The standard InChI is InChI=1S/C10H21NO/c1-8(2)11-6-5-9(7-11)10(3,4)12/h8-9,12H,5-7H2,1-4H3/t9-/m1/s1. The van der Waals surface area contributed by atoms with E-state index in [1.807, 2.05) is 13.8 Å². The quantitative estimate of drug-likeness (QED) is 0.680. The third kappa shape index (κ3) is 2.20. The Labute approximate surface area is 75.6 Å². The molecule has 0 unspecified atom stereocenters. The first-order valence-electron chi connectivity index (χ1n) is 4.87. The molecule has 0 aromatic carbocycles. The highest BCUT2D eigenvalue weighted by atomic mass is 16.3. The minimum absolute atomic E-state index is 0.458. The molecule has 0 aromatic rings. The van der Waals surface area contributed by atoms with Crippen LogP contribution in [0.15, 0.2) is 0 Å². The van der Waals surface area contributed by atoms with E-state index in [1.165, 1.54) is 0 Å². The van der Waals surface area contributed by atoms with E-state index in [4.69, 9.17) is 0 Å². The summed E-state index contributed by atoms with van der Waals surface area (Å²) < 4.78 is 0. The number of likely N-dealkylation sites (tertiary alicyclic amines) is 1. The molecule has 0 aromatic heterocycles. The van der Waals surface area contributed by atoms with Crippen LogP contribution in [0.25, 0.3) is 0 Å². The van der Waals surface area contributed by atoms with Crippen molar-refractivity contribution in [1.29, 1.82) is 0 Å². The van der Waals surface area contributed by atoms with Crippen LogP contribution in [0.4, 0.5) is 0 Å². The highest BCUT2D eigenvalue weighted by molar-refractivity contribution is 4.87. The Morgan fingerprint density at radius 1 is 1.42 bits per heavy atom. The van der Waals surface area contributed by atoms with Crippen LogP contribution in [0, 0.1) is 5.92 Å². The van der Waals surface area contributed by atoms with Crippen molar-refractivity contribution < 1.29 is 5.11 Å². The predicted molar refractivity (Wildman–Crippen MR) is 51.1 cm³/mol. The summed E-state index contributed by atoms with van der Waals surface area (Å²) in [7, 11) is 0. The molecular formula is C10H21NO. The first-order valence-corrected chi connectivity index (χ1v) is 4.87. The van der Waals surface area contributed by atoms with Gasteiger partial charge in [0.2, 0.25) is 0 Å². The Hall–Kier alpha value is -0.0800. The monoisotopic (exact) mass is 171 g/mol. The average Bonchev–Trinajstić information content (AvgIpc) is 2.30. The fraction of sp³-hybridized carbons (Fsp3) is 1.00. The van der Waals surface area contributed by atoms with Crippen LogP contribution in [0.1, 0.15) is 34.1 Å². The number of rotatable bonds is 2. The van der Waals surface area contributed by atoms with Crippen molar-refractivity contribution in [1.82, 2.24) is 4.90 Å². The molecule has 0 spiro atoms. The zero-order valence-corrected chi connectivity index (χ0v) is 8.67. The maximum atomic E-state index is 9.79. The van der Waals surface area contributed by atoms with E-state index in [0.29, 0.717) is 12.0 Å². The van der Waals surface area contributed by atoms with Gasteiger partial charge in [-0.3, -0.25) is 0 Å². The van der Waals surface area contributed by atoms with Gasteiger partial charge < -0.3 is 10.0 Å². The second kappa shape index (κ2) is 3.35. The summed E-state index contributed by atoms with van der Waals surface area (Å²) in [6, 6.07) is 0.623. The Balaban J connectivity index is 2.46. The zero-order chi connectivity index (χ0) is 9.35. The van der Waals surface area contributed by atoms with Gasteiger partial charge in [0.05, 0.1) is 5.60 Å². The fourth-order valence-electron chi connectivity index (χ4n) is 1.83. The van der Waals surface area contributed by atoms with Crippen LogP contribution in [-0.4, -0.2) is 34.7 Å². The minimum Gasteiger partial charge on any atom is -0.390 e. The number of hydrogen-bond donors (Lipinski definition) is 1. The molecule has 0 radical (unpaired) electrons. The van der Waals surface area contributed by atoms with Crippen molar-refractivity contribution in [3.63, 3.8) is 0 Å². The second-order valence-corrected chi connectivity index (χ2v) is 4.73. The van der Waals surface area contributed by atoms with Crippen molar-refractivity contribution >= 4 is 0 Å². The number of aliphatic hydroxyl groups is 1. The maximum Gasteiger partial charge on any atom is 0.0632 e. The van der Waals surface area contributed by atoms with Gasteiger partial charge in [-0.15, -0.1) is 0 Å². The smallest absolute Gasteiger partial charge is 0.0632 e. The summed E-state index contributed by atoms with van der Waals surface area (Å²) in [5, 5.41) is 9.79. The molecule has 12 heavy (non-hydrogen) atoms. The zero-order valence-electron chi connectivity index (χ0n) is 8.67. The summed E-state index contributed by atoms with van der Waals surface area (Å²) in [6.45, 7) is 10.5. The molecule has 0 saturated carbocycles. The summed E-state index contributed by atoms with van der Waals surface area (Å²) in [5.74, 6) is 0.458. The van der Waals surface area contributed by atoms with Gasteiger partial charge in [-0.05, 0) is 40.7 Å². The fourth-order valence-corrected chi connectivity index (χ4v) is 1.83. The van der Waals surface area contributed by atoms with Gasteiger partial charge in [0, 0.05) is 18.5 Å². The topological polar surface area (TPSA) is 23.5 Å². The Morgan fingerprint density at radius 3 is 2.25 bits per heavy atom. The molecule has 2 nitrogen and oxygen atoms in total. The summed E-state index contributed by atoms with van der Waals surface area (Å²) in [6.07, 6.45) is 1.14. The summed E-state index contributed by atoms with van der Waals surface area (Å²) in [5.41, 5.74) is -0.496. The van der Waals surface area contributed by atoms with E-state index in [9.17, 15) is 5.11 Å². The van der Waals surface area contributed by atoms with E-state index in [0.717, 1.165) is 19.5 Å². The second-order valence-electron chi connectivity index (χ2n) is 4.73. The molecule has 2 heteroatoms. The molecule has 1 fully saturated rings. The van der Waals surface area contributed by atoms with Crippen molar-refractivity contribution in [3.05, 3.63) is 0 Å². The summed E-state index contributed by atoms with van der Waals surface area (Å²) in [4.78, 5) is 2.43. The largest absolute Gasteiger partial charge is 0.390 e. The normalized spacial score (nSPS) is 27.0. The molecule has 1 rings (SSSR count).